The largest absolute Gasteiger partial charge is 0.412 e. The van der Waals surface area contributed by atoms with Crippen LogP contribution in [0, 0.1) is 5.82 Å². The number of hydrogen-bond donors (Lipinski definition) is 1. The average molecular weight is 305 g/mol. The van der Waals surface area contributed by atoms with E-state index >= 15 is 0 Å². The summed E-state index contributed by atoms with van der Waals surface area (Å²) in [6.07, 6.45) is -0.593. The smallest absolute Gasteiger partial charge is 0.410 e. The standard InChI is InChI=1S/C11H14BrFN2O2/c1-15(2)4-3-14-11(16)17-10-6-8(12)5-9(13)7-10/h5-7H,3-4H2,1-2H3,(H,14,16). The van der Waals surface area contributed by atoms with Crippen molar-refractivity contribution in [2.24, 2.45) is 0 Å². The Morgan fingerprint density at radius 1 is 1.47 bits per heavy atom. The van der Waals surface area contributed by atoms with Crippen LogP contribution in [0.3, 0.4) is 0 Å². The number of nitrogens with zero attached hydrogens (tertiary/aromatic N) is 1. The molecule has 1 amide bonds. The van der Waals surface area contributed by atoms with Crippen LogP contribution in [-0.4, -0.2) is 38.2 Å². The van der Waals surface area contributed by atoms with Crippen molar-refractivity contribution in [3.05, 3.63) is 28.5 Å². The number of carbonyl (C=O) groups excluding carboxylic acids is 1. The van der Waals surface area contributed by atoms with Gasteiger partial charge in [-0.15, -0.1) is 0 Å². The molecule has 17 heavy (non-hydrogen) atoms. The summed E-state index contributed by atoms with van der Waals surface area (Å²) in [4.78, 5) is 13.3. The molecule has 1 aromatic carbocycles. The Balaban J connectivity index is 2.45. The Bertz CT molecular complexity index is 379. The second-order valence-corrected chi connectivity index (χ2v) is 4.64. The Morgan fingerprint density at radius 3 is 2.76 bits per heavy atom. The second kappa shape index (κ2) is 6.56. The van der Waals surface area contributed by atoms with Crippen molar-refractivity contribution in [2.45, 2.75) is 0 Å². The number of halogens is 2. The molecule has 0 spiro atoms. The van der Waals surface area contributed by atoms with Crippen LogP contribution >= 0.6 is 15.9 Å². The molecule has 6 heteroatoms. The molecular weight excluding hydrogens is 291 g/mol. The molecule has 0 heterocycles. The van der Waals surface area contributed by atoms with Crippen molar-refractivity contribution in [3.63, 3.8) is 0 Å². The van der Waals surface area contributed by atoms with Gasteiger partial charge in [-0.3, -0.25) is 0 Å². The van der Waals surface area contributed by atoms with Crippen molar-refractivity contribution >= 4 is 22.0 Å². The predicted octanol–water partition coefficient (Wildman–Crippen LogP) is 2.24. The second-order valence-electron chi connectivity index (χ2n) is 3.72. The highest BCUT2D eigenvalue weighted by molar-refractivity contribution is 9.10. The van der Waals surface area contributed by atoms with Gasteiger partial charge >= 0.3 is 6.09 Å². The minimum absolute atomic E-state index is 0.166. The Kier molecular flexibility index (Phi) is 5.37. The minimum atomic E-state index is -0.593. The van der Waals surface area contributed by atoms with Gasteiger partial charge in [0.25, 0.3) is 0 Å². The van der Waals surface area contributed by atoms with E-state index in [1.165, 1.54) is 12.1 Å². The molecule has 0 aliphatic carbocycles. The molecule has 1 N–H and O–H groups in total. The quantitative estimate of drug-likeness (QED) is 0.927. The molecule has 0 unspecified atom stereocenters. The van der Waals surface area contributed by atoms with Gasteiger partial charge in [-0.2, -0.15) is 0 Å². The zero-order valence-corrected chi connectivity index (χ0v) is 11.3. The van der Waals surface area contributed by atoms with E-state index in [4.69, 9.17) is 4.74 Å². The molecule has 1 rings (SSSR count). The lowest BCUT2D eigenvalue weighted by Crippen LogP contribution is -2.33. The lowest BCUT2D eigenvalue weighted by atomic mass is 10.3. The third-order valence-corrected chi connectivity index (χ3v) is 2.33. The molecule has 0 radical (unpaired) electrons. The van der Waals surface area contributed by atoms with Gasteiger partial charge in [0, 0.05) is 23.6 Å². The fraction of sp³-hybridized carbons (Fsp3) is 0.364. The number of hydrogen-bond acceptors (Lipinski definition) is 3. The summed E-state index contributed by atoms with van der Waals surface area (Å²) in [5.41, 5.74) is 0. The summed E-state index contributed by atoms with van der Waals surface area (Å²) in [6.45, 7) is 1.18. The third kappa shape index (κ3) is 5.65. The fourth-order valence-corrected chi connectivity index (χ4v) is 1.56. The van der Waals surface area contributed by atoms with Crippen molar-refractivity contribution in [1.29, 1.82) is 0 Å². The number of amides is 1. The topological polar surface area (TPSA) is 41.6 Å². The Labute approximate surface area is 108 Å². The summed E-state index contributed by atoms with van der Waals surface area (Å²) < 4.78 is 18.4. The van der Waals surface area contributed by atoms with E-state index in [0.717, 1.165) is 6.07 Å². The highest BCUT2D eigenvalue weighted by Crippen LogP contribution is 2.20. The molecule has 94 valence electrons. The van der Waals surface area contributed by atoms with E-state index in [1.54, 1.807) is 0 Å². The first-order valence-electron chi connectivity index (χ1n) is 5.04. The third-order valence-electron chi connectivity index (χ3n) is 1.87. The van der Waals surface area contributed by atoms with Gasteiger partial charge in [-0.25, -0.2) is 9.18 Å². The van der Waals surface area contributed by atoms with Gasteiger partial charge in [0.2, 0.25) is 0 Å². The van der Waals surface area contributed by atoms with Crippen LogP contribution in [0.2, 0.25) is 0 Å². The van der Waals surface area contributed by atoms with Crippen LogP contribution in [-0.2, 0) is 0 Å². The molecule has 0 bridgehead atoms. The lowest BCUT2D eigenvalue weighted by molar-refractivity contribution is 0.199. The SMILES string of the molecule is CN(C)CCNC(=O)Oc1cc(F)cc(Br)c1. The molecule has 0 aliphatic heterocycles. The summed E-state index contributed by atoms with van der Waals surface area (Å²) in [6, 6.07) is 3.96. The van der Waals surface area contributed by atoms with Crippen LogP contribution in [0.5, 0.6) is 5.75 Å². The van der Waals surface area contributed by atoms with Crippen LogP contribution in [0.15, 0.2) is 22.7 Å². The van der Waals surface area contributed by atoms with Crippen molar-refractivity contribution < 1.29 is 13.9 Å². The van der Waals surface area contributed by atoms with E-state index in [0.29, 0.717) is 17.6 Å². The molecular formula is C11H14BrFN2O2. The fourth-order valence-electron chi connectivity index (χ4n) is 1.11. The number of benzene rings is 1. The maximum Gasteiger partial charge on any atom is 0.412 e. The normalized spacial score (nSPS) is 10.4. The van der Waals surface area contributed by atoms with Gasteiger partial charge < -0.3 is 15.0 Å². The summed E-state index contributed by atoms with van der Waals surface area (Å²) in [7, 11) is 3.80. The predicted molar refractivity (Wildman–Crippen MR) is 66.7 cm³/mol. The first-order chi connectivity index (χ1) is 7.97. The van der Waals surface area contributed by atoms with E-state index in [9.17, 15) is 9.18 Å². The van der Waals surface area contributed by atoms with E-state index in [1.807, 2.05) is 19.0 Å². The average Bonchev–Trinajstić information content (AvgIpc) is 2.14. The van der Waals surface area contributed by atoms with E-state index in [2.05, 4.69) is 21.2 Å². The molecule has 0 saturated heterocycles. The lowest BCUT2D eigenvalue weighted by Gasteiger charge is -2.10. The highest BCUT2D eigenvalue weighted by atomic mass is 79.9. The number of rotatable bonds is 4. The van der Waals surface area contributed by atoms with Gasteiger partial charge in [0.1, 0.15) is 11.6 Å². The Hall–Kier alpha value is -1.14. The maximum atomic E-state index is 13.0. The summed E-state index contributed by atoms with van der Waals surface area (Å²) in [5.74, 6) is -0.297. The van der Waals surface area contributed by atoms with Gasteiger partial charge in [0.05, 0.1) is 0 Å². The van der Waals surface area contributed by atoms with Crippen LogP contribution in [0.1, 0.15) is 0 Å². The molecule has 0 aromatic heterocycles. The number of carbonyl (C=O) groups is 1. The van der Waals surface area contributed by atoms with Crippen LogP contribution < -0.4 is 10.1 Å². The zero-order valence-electron chi connectivity index (χ0n) is 9.67. The number of ether oxygens (including phenoxy) is 1. The van der Waals surface area contributed by atoms with Crippen LogP contribution in [0.25, 0.3) is 0 Å². The monoisotopic (exact) mass is 304 g/mol. The van der Waals surface area contributed by atoms with Crippen molar-refractivity contribution in [3.8, 4) is 5.75 Å². The summed E-state index contributed by atoms with van der Waals surface area (Å²) in [5, 5.41) is 2.56. The molecule has 0 saturated carbocycles. The van der Waals surface area contributed by atoms with Gasteiger partial charge in [-0.05, 0) is 26.2 Å². The number of nitrogens with one attached hydrogen (secondary N) is 1. The molecule has 0 aliphatic rings. The van der Waals surface area contributed by atoms with Gasteiger partial charge in [0.15, 0.2) is 0 Å². The molecule has 4 nitrogen and oxygen atoms in total. The van der Waals surface area contributed by atoms with Crippen molar-refractivity contribution in [2.75, 3.05) is 27.2 Å². The zero-order chi connectivity index (χ0) is 12.8. The molecule has 0 fully saturated rings. The highest BCUT2D eigenvalue weighted by Gasteiger charge is 2.06. The van der Waals surface area contributed by atoms with E-state index < -0.39 is 11.9 Å². The van der Waals surface area contributed by atoms with Crippen molar-refractivity contribution in [1.82, 2.24) is 10.2 Å². The first-order valence-corrected chi connectivity index (χ1v) is 5.83. The number of likely N-dealkylation sites (N-methyl/N-ethyl adjacent to an activating group) is 1. The minimum Gasteiger partial charge on any atom is -0.410 e. The Morgan fingerprint density at radius 2 is 2.18 bits per heavy atom. The molecule has 1 aromatic rings. The first kappa shape index (κ1) is 13.9. The van der Waals surface area contributed by atoms with Crippen LogP contribution in [0.4, 0.5) is 9.18 Å². The summed E-state index contributed by atoms with van der Waals surface area (Å²) >= 11 is 3.12. The molecule has 0 atom stereocenters. The maximum absolute atomic E-state index is 13.0. The van der Waals surface area contributed by atoms with Gasteiger partial charge in [-0.1, -0.05) is 15.9 Å². The van der Waals surface area contributed by atoms with E-state index in [-0.39, 0.29) is 5.75 Å².